The predicted molar refractivity (Wildman–Crippen MR) is 159 cm³/mol. The van der Waals surface area contributed by atoms with Crippen molar-refractivity contribution >= 4 is 28.8 Å². The summed E-state index contributed by atoms with van der Waals surface area (Å²) in [6.45, 7) is 11.7. The van der Waals surface area contributed by atoms with Crippen LogP contribution < -0.4 is 10.6 Å². The van der Waals surface area contributed by atoms with Crippen molar-refractivity contribution in [2.45, 2.75) is 46.6 Å². The number of hydrogen-bond acceptors (Lipinski definition) is 7. The number of benzene rings is 2. The summed E-state index contributed by atoms with van der Waals surface area (Å²) in [4.78, 5) is 29.6. The summed E-state index contributed by atoms with van der Waals surface area (Å²) in [5.41, 5.74) is 4.76. The molecule has 1 unspecified atom stereocenters. The van der Waals surface area contributed by atoms with Crippen LogP contribution in [0.25, 0.3) is 33.5 Å². The monoisotopic (exact) mass is 526 g/mol. The zero-order valence-electron chi connectivity index (χ0n) is 23.3. The standard InChI is InChI=1S/C31H38N6O2/c1-5-37(6-2)20-14-15-22(4)32-30-29-25(21-26(34-30)35-31(38)39-7-3)33-27(23-16-10-8-11-17-23)28(36-29)24-18-12-9-13-19-24/h8-13,16-19,21-22H,5-7,14-15,20H2,1-4H3,(H2,32,34,35,38). The smallest absolute Gasteiger partial charge is 0.412 e. The summed E-state index contributed by atoms with van der Waals surface area (Å²) in [6.07, 6.45) is 1.48. The minimum atomic E-state index is -0.556. The molecule has 0 bridgehead atoms. The first-order valence-electron chi connectivity index (χ1n) is 13.8. The second-order valence-electron chi connectivity index (χ2n) is 9.44. The number of ether oxygens (including phenoxy) is 1. The van der Waals surface area contributed by atoms with Crippen LogP contribution in [0.1, 0.15) is 40.5 Å². The van der Waals surface area contributed by atoms with Crippen molar-refractivity contribution in [2.24, 2.45) is 0 Å². The highest BCUT2D eigenvalue weighted by Gasteiger charge is 2.19. The molecule has 2 aromatic heterocycles. The third-order valence-electron chi connectivity index (χ3n) is 6.64. The Morgan fingerprint density at radius 3 is 2.10 bits per heavy atom. The van der Waals surface area contributed by atoms with Gasteiger partial charge in [-0.3, -0.25) is 5.32 Å². The van der Waals surface area contributed by atoms with Gasteiger partial charge < -0.3 is 15.0 Å². The maximum Gasteiger partial charge on any atom is 0.412 e. The number of amides is 1. The van der Waals surface area contributed by atoms with Gasteiger partial charge in [-0.1, -0.05) is 74.5 Å². The van der Waals surface area contributed by atoms with Crippen molar-refractivity contribution in [1.82, 2.24) is 19.9 Å². The van der Waals surface area contributed by atoms with Crippen molar-refractivity contribution in [3.8, 4) is 22.5 Å². The summed E-state index contributed by atoms with van der Waals surface area (Å²) < 4.78 is 5.09. The minimum absolute atomic E-state index is 0.143. The van der Waals surface area contributed by atoms with Gasteiger partial charge in [0, 0.05) is 23.2 Å². The van der Waals surface area contributed by atoms with Crippen molar-refractivity contribution in [3.63, 3.8) is 0 Å². The van der Waals surface area contributed by atoms with Gasteiger partial charge in [-0.2, -0.15) is 0 Å². The summed E-state index contributed by atoms with van der Waals surface area (Å²) >= 11 is 0. The normalized spacial score (nSPS) is 11.9. The van der Waals surface area contributed by atoms with Crippen LogP contribution in [0.2, 0.25) is 0 Å². The van der Waals surface area contributed by atoms with Crippen molar-refractivity contribution < 1.29 is 9.53 Å². The predicted octanol–water partition coefficient (Wildman–Crippen LogP) is 6.85. The Labute approximate surface area is 230 Å². The highest BCUT2D eigenvalue weighted by molar-refractivity contribution is 5.95. The molecule has 0 aliphatic carbocycles. The molecule has 204 valence electrons. The Bertz CT molecular complexity index is 1360. The molecule has 1 amide bonds. The molecule has 0 fully saturated rings. The maximum atomic E-state index is 12.2. The SMILES string of the molecule is CCOC(=O)Nc1cc2nc(-c3ccccc3)c(-c3ccccc3)nc2c(NC(C)CCCN(CC)CC)n1. The van der Waals surface area contributed by atoms with E-state index in [1.807, 2.05) is 60.7 Å². The van der Waals surface area contributed by atoms with Crippen LogP contribution in [0.3, 0.4) is 0 Å². The molecule has 39 heavy (non-hydrogen) atoms. The number of rotatable bonds is 12. The lowest BCUT2D eigenvalue weighted by atomic mass is 10.0. The van der Waals surface area contributed by atoms with E-state index in [1.165, 1.54) is 0 Å². The number of nitrogens with one attached hydrogen (secondary N) is 2. The Morgan fingerprint density at radius 2 is 1.51 bits per heavy atom. The van der Waals surface area contributed by atoms with Crippen LogP contribution in [0, 0.1) is 0 Å². The van der Waals surface area contributed by atoms with Gasteiger partial charge >= 0.3 is 6.09 Å². The fourth-order valence-electron chi connectivity index (χ4n) is 4.56. The van der Waals surface area contributed by atoms with Gasteiger partial charge in [-0.25, -0.2) is 19.7 Å². The van der Waals surface area contributed by atoms with Crippen LogP contribution in [-0.4, -0.2) is 58.2 Å². The fraction of sp³-hybridized carbons (Fsp3) is 0.355. The van der Waals surface area contributed by atoms with E-state index in [0.717, 1.165) is 55.0 Å². The summed E-state index contributed by atoms with van der Waals surface area (Å²) in [6, 6.07) is 22.0. The average molecular weight is 527 g/mol. The van der Waals surface area contributed by atoms with Gasteiger partial charge in [0.1, 0.15) is 11.3 Å². The molecule has 4 rings (SSSR count). The van der Waals surface area contributed by atoms with E-state index in [9.17, 15) is 4.79 Å². The first-order valence-corrected chi connectivity index (χ1v) is 13.8. The molecule has 0 saturated carbocycles. The maximum absolute atomic E-state index is 12.2. The van der Waals surface area contributed by atoms with Crippen LogP contribution in [0.4, 0.5) is 16.4 Å². The van der Waals surface area contributed by atoms with Crippen LogP contribution in [0.5, 0.6) is 0 Å². The third-order valence-corrected chi connectivity index (χ3v) is 6.64. The number of carbonyl (C=O) groups is 1. The first-order chi connectivity index (χ1) is 19.0. The summed E-state index contributed by atoms with van der Waals surface area (Å²) in [7, 11) is 0. The highest BCUT2D eigenvalue weighted by Crippen LogP contribution is 2.33. The second kappa shape index (κ2) is 13.7. The fourth-order valence-corrected chi connectivity index (χ4v) is 4.56. The quantitative estimate of drug-likeness (QED) is 0.209. The molecular formula is C31H38N6O2. The van der Waals surface area contributed by atoms with Gasteiger partial charge in [0.25, 0.3) is 0 Å². The topological polar surface area (TPSA) is 92.3 Å². The van der Waals surface area contributed by atoms with Crippen LogP contribution in [0.15, 0.2) is 66.7 Å². The van der Waals surface area contributed by atoms with Gasteiger partial charge in [-0.05, 0) is 46.3 Å². The molecule has 0 aliphatic rings. The zero-order chi connectivity index (χ0) is 27.6. The molecule has 8 heteroatoms. The van der Waals surface area contributed by atoms with E-state index >= 15 is 0 Å². The largest absolute Gasteiger partial charge is 0.450 e. The van der Waals surface area contributed by atoms with Crippen molar-refractivity contribution in [3.05, 3.63) is 66.7 Å². The molecular weight excluding hydrogens is 488 g/mol. The molecule has 2 heterocycles. The number of aromatic nitrogens is 3. The first kappa shape index (κ1) is 28.0. The van der Waals surface area contributed by atoms with Crippen molar-refractivity contribution in [2.75, 3.05) is 36.9 Å². The Kier molecular flexibility index (Phi) is 9.80. The van der Waals surface area contributed by atoms with E-state index in [1.54, 1.807) is 13.0 Å². The van der Waals surface area contributed by atoms with Crippen LogP contribution >= 0.6 is 0 Å². The average Bonchev–Trinajstić information content (AvgIpc) is 2.96. The van der Waals surface area contributed by atoms with E-state index in [4.69, 9.17) is 19.7 Å². The molecule has 0 aliphatic heterocycles. The molecule has 0 spiro atoms. The molecule has 8 nitrogen and oxygen atoms in total. The molecule has 4 aromatic rings. The van der Waals surface area contributed by atoms with Gasteiger partial charge in [0.2, 0.25) is 0 Å². The number of pyridine rings is 1. The Morgan fingerprint density at radius 1 is 0.897 bits per heavy atom. The molecule has 0 saturated heterocycles. The molecule has 0 radical (unpaired) electrons. The van der Waals surface area contributed by atoms with Crippen LogP contribution in [-0.2, 0) is 4.74 Å². The lowest BCUT2D eigenvalue weighted by Crippen LogP contribution is -2.26. The van der Waals surface area contributed by atoms with Gasteiger partial charge in [0.15, 0.2) is 5.82 Å². The third kappa shape index (κ3) is 7.29. The number of carbonyl (C=O) groups excluding carboxylic acids is 1. The van der Waals surface area contributed by atoms with Gasteiger partial charge in [0.05, 0.1) is 23.5 Å². The van der Waals surface area contributed by atoms with Crippen molar-refractivity contribution in [1.29, 1.82) is 0 Å². The number of hydrogen-bond donors (Lipinski definition) is 2. The van der Waals surface area contributed by atoms with E-state index in [0.29, 0.717) is 22.7 Å². The molecule has 2 aromatic carbocycles. The van der Waals surface area contributed by atoms with E-state index in [2.05, 4.69) is 36.3 Å². The summed E-state index contributed by atoms with van der Waals surface area (Å²) in [5, 5.41) is 6.29. The minimum Gasteiger partial charge on any atom is -0.450 e. The summed E-state index contributed by atoms with van der Waals surface area (Å²) in [5.74, 6) is 0.943. The number of nitrogens with zero attached hydrogens (tertiary/aromatic N) is 4. The number of anilines is 2. The van der Waals surface area contributed by atoms with E-state index < -0.39 is 6.09 Å². The Hall–Kier alpha value is -4.04. The van der Waals surface area contributed by atoms with E-state index in [-0.39, 0.29) is 12.6 Å². The molecule has 2 N–H and O–H groups in total. The lowest BCUT2D eigenvalue weighted by molar-refractivity contribution is 0.168. The highest BCUT2D eigenvalue weighted by atomic mass is 16.5. The zero-order valence-corrected chi connectivity index (χ0v) is 23.3. The number of fused-ring (bicyclic) bond motifs is 1. The Balaban J connectivity index is 1.78. The molecule has 1 atom stereocenters. The van der Waals surface area contributed by atoms with Gasteiger partial charge in [-0.15, -0.1) is 0 Å². The lowest BCUT2D eigenvalue weighted by Gasteiger charge is -2.21. The second-order valence-corrected chi connectivity index (χ2v) is 9.44.